The van der Waals surface area contributed by atoms with E-state index in [1.54, 1.807) is 20.8 Å². The van der Waals surface area contributed by atoms with Gasteiger partial charge < -0.3 is 36.5 Å². The van der Waals surface area contributed by atoms with Crippen LogP contribution in [0.4, 0.5) is 4.79 Å². The average Bonchev–Trinajstić information content (AvgIpc) is 2.89. The van der Waals surface area contributed by atoms with E-state index in [4.69, 9.17) is 15.9 Å². The molecule has 3 atom stereocenters. The van der Waals surface area contributed by atoms with E-state index in [9.17, 15) is 19.2 Å². The third-order valence-corrected chi connectivity index (χ3v) is 5.71. The molecule has 216 valence electrons. The molecule has 0 spiro atoms. The van der Waals surface area contributed by atoms with Gasteiger partial charge in [-0.05, 0) is 44.7 Å². The van der Waals surface area contributed by atoms with Crippen molar-refractivity contribution < 1.29 is 23.9 Å². The molecule has 0 radical (unpaired) electrons. The van der Waals surface area contributed by atoms with Gasteiger partial charge in [0.1, 0.15) is 24.0 Å². The van der Waals surface area contributed by atoms with Gasteiger partial charge in [0.15, 0.2) is 5.96 Å². The van der Waals surface area contributed by atoms with Gasteiger partial charge in [-0.3, -0.25) is 15.0 Å². The molecule has 0 unspecified atom stereocenters. The van der Waals surface area contributed by atoms with Crippen LogP contribution in [0, 0.1) is 5.41 Å². The fourth-order valence-electron chi connectivity index (χ4n) is 3.84. The highest BCUT2D eigenvalue weighted by atomic mass is 16.6. The van der Waals surface area contributed by atoms with Crippen molar-refractivity contribution in [2.45, 2.75) is 70.2 Å². The lowest BCUT2D eigenvalue weighted by Gasteiger charge is -2.26. The third-order valence-electron chi connectivity index (χ3n) is 5.71. The normalized spacial score (nSPS) is 13.2. The number of ether oxygens (including phenoxy) is 1. The Balaban J connectivity index is 2.21. The predicted octanol–water partition coefficient (Wildman–Crippen LogP) is 1.80. The lowest BCUT2D eigenvalue weighted by Crippen LogP contribution is -2.56. The van der Waals surface area contributed by atoms with E-state index in [2.05, 4.69) is 21.3 Å². The first-order chi connectivity index (χ1) is 19.0. The minimum absolute atomic E-state index is 0.167. The van der Waals surface area contributed by atoms with Crippen molar-refractivity contribution in [1.29, 1.82) is 5.41 Å². The number of amides is 3. The van der Waals surface area contributed by atoms with Gasteiger partial charge in [0, 0.05) is 19.4 Å². The van der Waals surface area contributed by atoms with Gasteiger partial charge in [0.05, 0.1) is 6.04 Å². The molecule has 40 heavy (non-hydrogen) atoms. The Morgan fingerprint density at radius 1 is 0.875 bits per heavy atom. The van der Waals surface area contributed by atoms with Gasteiger partial charge >= 0.3 is 6.09 Å². The van der Waals surface area contributed by atoms with Crippen LogP contribution in [0.2, 0.25) is 0 Å². The SMILES string of the molecule is CC(C)(C)OC(=O)N[C@H](Cc1ccccc1)C(=O)N[C@@H](Cc1ccccc1)C(=O)N[C@H](C=O)CCCNC(=N)N. The Morgan fingerprint density at radius 3 is 1.85 bits per heavy atom. The molecule has 0 fully saturated rings. The molecule has 11 heteroatoms. The number of alkyl carbamates (subject to hydrolysis) is 1. The molecule has 0 aliphatic rings. The molecule has 0 heterocycles. The van der Waals surface area contributed by atoms with E-state index >= 15 is 0 Å². The maximum absolute atomic E-state index is 13.5. The highest BCUT2D eigenvalue weighted by Gasteiger charge is 2.29. The molecular formula is C29H40N6O5. The zero-order valence-corrected chi connectivity index (χ0v) is 23.2. The molecule has 0 saturated heterocycles. The van der Waals surface area contributed by atoms with Gasteiger partial charge in [0.2, 0.25) is 11.8 Å². The number of carbonyl (C=O) groups excluding carboxylic acids is 4. The molecule has 0 aromatic heterocycles. The Labute approximate surface area is 235 Å². The zero-order chi connectivity index (χ0) is 29.5. The number of nitrogens with two attached hydrogens (primary N) is 1. The standard InChI is InChI=1S/C29H40N6O5/c1-29(2,3)40-28(39)35-24(18-21-13-8-5-9-14-21)26(38)34-23(17-20-11-6-4-7-12-20)25(37)33-22(19-36)15-10-16-32-27(30)31/h4-9,11-14,19,22-24H,10,15-18H2,1-3H3,(H,33,37)(H,34,38)(H,35,39)(H4,30,31,32)/t22-,23-,24+/m0/s1. The molecule has 2 rings (SSSR count). The van der Waals surface area contributed by atoms with Crippen molar-refractivity contribution in [3.63, 3.8) is 0 Å². The summed E-state index contributed by atoms with van der Waals surface area (Å²) in [5.41, 5.74) is 6.12. The van der Waals surface area contributed by atoms with Crippen LogP contribution in [0.15, 0.2) is 60.7 Å². The summed E-state index contributed by atoms with van der Waals surface area (Å²) in [6.45, 7) is 5.54. The van der Waals surface area contributed by atoms with Crippen molar-refractivity contribution in [1.82, 2.24) is 21.3 Å². The van der Waals surface area contributed by atoms with Gasteiger partial charge in [-0.25, -0.2) is 4.79 Å². The number of hydrogen-bond donors (Lipinski definition) is 6. The van der Waals surface area contributed by atoms with Crippen LogP contribution in [-0.2, 0) is 32.0 Å². The smallest absolute Gasteiger partial charge is 0.408 e. The van der Waals surface area contributed by atoms with Crippen molar-refractivity contribution in [2.75, 3.05) is 6.54 Å². The molecule has 7 N–H and O–H groups in total. The highest BCUT2D eigenvalue weighted by Crippen LogP contribution is 2.10. The van der Waals surface area contributed by atoms with Crippen LogP contribution in [0.25, 0.3) is 0 Å². The molecule has 0 aliphatic heterocycles. The molecule has 0 aliphatic carbocycles. The first-order valence-electron chi connectivity index (χ1n) is 13.2. The van der Waals surface area contributed by atoms with Crippen molar-refractivity contribution >= 4 is 30.2 Å². The summed E-state index contributed by atoms with van der Waals surface area (Å²) in [6, 6.07) is 15.5. The monoisotopic (exact) mass is 552 g/mol. The van der Waals surface area contributed by atoms with Crippen LogP contribution >= 0.6 is 0 Å². The van der Waals surface area contributed by atoms with Crippen molar-refractivity contribution in [3.05, 3.63) is 71.8 Å². The summed E-state index contributed by atoms with van der Waals surface area (Å²) in [5.74, 6) is -1.29. The molecule has 2 aromatic carbocycles. The minimum Gasteiger partial charge on any atom is -0.444 e. The largest absolute Gasteiger partial charge is 0.444 e. The second-order valence-electron chi connectivity index (χ2n) is 10.4. The third kappa shape index (κ3) is 12.4. The van der Waals surface area contributed by atoms with Crippen LogP contribution in [-0.4, -0.2) is 60.4 Å². The Hall–Kier alpha value is -4.41. The lowest BCUT2D eigenvalue weighted by atomic mass is 10.0. The Morgan fingerprint density at radius 2 is 1.38 bits per heavy atom. The van der Waals surface area contributed by atoms with Gasteiger partial charge in [-0.1, -0.05) is 60.7 Å². The highest BCUT2D eigenvalue weighted by molar-refractivity contribution is 5.92. The van der Waals surface area contributed by atoms with Gasteiger partial charge in [0.25, 0.3) is 0 Å². The first kappa shape index (κ1) is 31.8. The fourth-order valence-corrected chi connectivity index (χ4v) is 3.84. The maximum atomic E-state index is 13.5. The average molecular weight is 553 g/mol. The lowest BCUT2D eigenvalue weighted by molar-refractivity contribution is -0.131. The molecule has 3 amide bonds. The molecule has 2 aromatic rings. The van der Waals surface area contributed by atoms with Gasteiger partial charge in [-0.15, -0.1) is 0 Å². The summed E-state index contributed by atoms with van der Waals surface area (Å²) >= 11 is 0. The van der Waals surface area contributed by atoms with E-state index in [0.717, 1.165) is 11.1 Å². The maximum Gasteiger partial charge on any atom is 0.408 e. The van der Waals surface area contributed by atoms with Crippen LogP contribution in [0.5, 0.6) is 0 Å². The van der Waals surface area contributed by atoms with Crippen LogP contribution in [0.3, 0.4) is 0 Å². The molecule has 11 nitrogen and oxygen atoms in total. The second kappa shape index (κ2) is 15.9. The number of rotatable bonds is 14. The van der Waals surface area contributed by atoms with Crippen LogP contribution < -0.4 is 27.0 Å². The summed E-state index contributed by atoms with van der Waals surface area (Å²) in [6.07, 6.45) is 1.02. The summed E-state index contributed by atoms with van der Waals surface area (Å²) in [5, 5.41) is 18.0. The van der Waals surface area contributed by atoms with Gasteiger partial charge in [-0.2, -0.15) is 0 Å². The summed E-state index contributed by atoms with van der Waals surface area (Å²) in [7, 11) is 0. The van der Waals surface area contributed by atoms with E-state index in [0.29, 0.717) is 25.7 Å². The summed E-state index contributed by atoms with van der Waals surface area (Å²) in [4.78, 5) is 51.1. The molecule has 0 saturated carbocycles. The number of benzene rings is 2. The number of nitrogens with one attached hydrogen (secondary N) is 5. The number of guanidine groups is 1. The molecule has 0 bridgehead atoms. The second-order valence-corrected chi connectivity index (χ2v) is 10.4. The number of hydrogen-bond acceptors (Lipinski definition) is 6. The number of aldehydes is 1. The Kier molecular flexibility index (Phi) is 12.6. The van der Waals surface area contributed by atoms with E-state index < -0.39 is 41.6 Å². The van der Waals surface area contributed by atoms with Crippen LogP contribution in [0.1, 0.15) is 44.7 Å². The summed E-state index contributed by atoms with van der Waals surface area (Å²) < 4.78 is 5.36. The topological polar surface area (TPSA) is 176 Å². The van der Waals surface area contributed by atoms with E-state index in [-0.39, 0.29) is 18.8 Å². The number of carbonyl (C=O) groups is 4. The quantitative estimate of drug-likeness (QED) is 0.0896. The van der Waals surface area contributed by atoms with E-state index in [1.807, 2.05) is 60.7 Å². The predicted molar refractivity (Wildman–Crippen MR) is 153 cm³/mol. The van der Waals surface area contributed by atoms with E-state index in [1.165, 1.54) is 0 Å². The van der Waals surface area contributed by atoms with Crippen molar-refractivity contribution in [3.8, 4) is 0 Å². The minimum atomic E-state index is -1.03. The molecular weight excluding hydrogens is 512 g/mol. The van der Waals surface area contributed by atoms with Crippen molar-refractivity contribution in [2.24, 2.45) is 5.73 Å². The zero-order valence-electron chi connectivity index (χ0n) is 23.2. The Bertz CT molecular complexity index is 1120. The first-order valence-corrected chi connectivity index (χ1v) is 13.2. The fraction of sp³-hybridized carbons (Fsp3) is 0.414.